The quantitative estimate of drug-likeness (QED) is 0.265. The van der Waals surface area contributed by atoms with Crippen LogP contribution in [0.4, 0.5) is 13.2 Å². The fourth-order valence-corrected chi connectivity index (χ4v) is 7.54. The molecule has 3 atom stereocenters. The molecule has 1 aliphatic heterocycles. The van der Waals surface area contributed by atoms with Crippen LogP contribution in [-0.2, 0) is 24.4 Å². The van der Waals surface area contributed by atoms with Crippen LogP contribution in [0.3, 0.4) is 0 Å². The highest BCUT2D eigenvalue weighted by atomic mass is 127. The summed E-state index contributed by atoms with van der Waals surface area (Å²) in [6.07, 6.45) is -1.99. The van der Waals surface area contributed by atoms with Gasteiger partial charge in [-0.25, -0.2) is 17.6 Å². The Labute approximate surface area is 212 Å². The first-order valence-corrected chi connectivity index (χ1v) is 13.6. The SMILES string of the molecule is O=C1OC2(Oc3cccc(I)c31)C1CC3CC2CC(C(=O)OCCC(F)C(F)(F)S(=O)(=O)[O-])(C3)C1. The molecule has 13 heteroatoms. The fraction of sp³-hybridized carbons (Fsp3) is 0.636. The summed E-state index contributed by atoms with van der Waals surface area (Å²) in [5.74, 6) is -2.38. The summed E-state index contributed by atoms with van der Waals surface area (Å²) in [5.41, 5.74) is -0.596. The van der Waals surface area contributed by atoms with Gasteiger partial charge < -0.3 is 18.8 Å². The monoisotopic (exact) mass is 629 g/mol. The Morgan fingerprint density at radius 2 is 1.89 bits per heavy atom. The topological polar surface area (TPSA) is 119 Å². The van der Waals surface area contributed by atoms with Gasteiger partial charge in [0.2, 0.25) is 0 Å². The Morgan fingerprint density at radius 1 is 1.23 bits per heavy atom. The van der Waals surface area contributed by atoms with Crippen molar-refractivity contribution in [2.45, 2.75) is 55.7 Å². The Kier molecular flexibility index (Phi) is 5.87. The third kappa shape index (κ3) is 3.83. The van der Waals surface area contributed by atoms with E-state index in [4.69, 9.17) is 14.2 Å². The van der Waals surface area contributed by atoms with E-state index in [-0.39, 0.29) is 30.6 Å². The van der Waals surface area contributed by atoms with E-state index in [1.54, 1.807) is 18.2 Å². The highest BCUT2D eigenvalue weighted by molar-refractivity contribution is 14.1. The van der Waals surface area contributed by atoms with Crippen LogP contribution in [-0.4, -0.2) is 48.7 Å². The molecule has 192 valence electrons. The maximum Gasteiger partial charge on any atom is 0.364 e. The Balaban J connectivity index is 1.30. The summed E-state index contributed by atoms with van der Waals surface area (Å²) >= 11 is 2.03. The summed E-state index contributed by atoms with van der Waals surface area (Å²) in [6.45, 7) is -0.796. The van der Waals surface area contributed by atoms with Crippen molar-refractivity contribution in [3.8, 4) is 5.75 Å². The first kappa shape index (κ1) is 25.1. The van der Waals surface area contributed by atoms with Crippen molar-refractivity contribution in [3.05, 3.63) is 27.3 Å². The van der Waals surface area contributed by atoms with Gasteiger partial charge in [-0.3, -0.25) is 4.79 Å². The zero-order chi connectivity index (χ0) is 25.4. The average Bonchev–Trinajstić information content (AvgIpc) is 2.76. The lowest BCUT2D eigenvalue weighted by Crippen LogP contribution is -2.67. The van der Waals surface area contributed by atoms with E-state index in [1.165, 1.54) is 0 Å². The van der Waals surface area contributed by atoms with Crippen molar-refractivity contribution in [1.82, 2.24) is 0 Å². The van der Waals surface area contributed by atoms with Crippen molar-refractivity contribution >= 4 is 44.6 Å². The van der Waals surface area contributed by atoms with Crippen molar-refractivity contribution in [2.24, 2.45) is 23.2 Å². The minimum atomic E-state index is -6.19. The number of alkyl halides is 3. The second kappa shape index (κ2) is 8.20. The first-order chi connectivity index (χ1) is 16.3. The van der Waals surface area contributed by atoms with Crippen LogP contribution in [0.5, 0.6) is 5.75 Å². The number of carbonyl (C=O) groups excluding carboxylic acids is 2. The number of fused-ring (bicyclic) bond motifs is 1. The van der Waals surface area contributed by atoms with Crippen LogP contribution in [0, 0.1) is 26.7 Å². The number of carbonyl (C=O) groups is 2. The van der Waals surface area contributed by atoms with Gasteiger partial charge in [-0.2, -0.15) is 8.78 Å². The van der Waals surface area contributed by atoms with Gasteiger partial charge in [0.15, 0.2) is 16.3 Å². The molecule has 0 radical (unpaired) electrons. The zero-order valence-corrected chi connectivity index (χ0v) is 21.2. The molecular formula is C22H21F3IO8S-. The van der Waals surface area contributed by atoms with E-state index < -0.39 is 57.7 Å². The van der Waals surface area contributed by atoms with E-state index in [2.05, 4.69) is 0 Å². The predicted molar refractivity (Wildman–Crippen MR) is 119 cm³/mol. The lowest BCUT2D eigenvalue weighted by Gasteiger charge is -2.62. The van der Waals surface area contributed by atoms with Gasteiger partial charge in [0, 0.05) is 21.8 Å². The Morgan fingerprint density at radius 3 is 2.51 bits per heavy atom. The molecule has 1 heterocycles. The van der Waals surface area contributed by atoms with Gasteiger partial charge in [0.25, 0.3) is 5.79 Å². The second-order valence-corrected chi connectivity index (χ2v) is 12.5. The van der Waals surface area contributed by atoms with E-state index in [0.717, 1.165) is 0 Å². The first-order valence-electron chi connectivity index (χ1n) is 11.1. The van der Waals surface area contributed by atoms with Crippen LogP contribution < -0.4 is 4.74 Å². The summed E-state index contributed by atoms with van der Waals surface area (Å²) in [4.78, 5) is 26.0. The number of hydrogen-bond donors (Lipinski definition) is 0. The molecule has 8 nitrogen and oxygen atoms in total. The van der Waals surface area contributed by atoms with Gasteiger partial charge in [-0.1, -0.05) is 6.07 Å². The average molecular weight is 629 g/mol. The second-order valence-electron chi connectivity index (χ2n) is 9.86. The molecule has 1 spiro atoms. The van der Waals surface area contributed by atoms with E-state index >= 15 is 0 Å². The maximum atomic E-state index is 13.7. The Bertz CT molecular complexity index is 1170. The van der Waals surface area contributed by atoms with E-state index in [1.807, 2.05) is 22.6 Å². The predicted octanol–water partition coefficient (Wildman–Crippen LogP) is 3.77. The summed E-state index contributed by atoms with van der Waals surface area (Å²) < 4.78 is 90.3. The van der Waals surface area contributed by atoms with Crippen molar-refractivity contribution in [2.75, 3.05) is 6.61 Å². The highest BCUT2D eigenvalue weighted by Gasteiger charge is 2.69. The number of halogens is 4. The van der Waals surface area contributed by atoms with Gasteiger partial charge in [-0.05, 0) is 72.7 Å². The molecule has 6 rings (SSSR count). The van der Waals surface area contributed by atoms with Gasteiger partial charge >= 0.3 is 17.2 Å². The molecule has 4 bridgehead atoms. The van der Waals surface area contributed by atoms with E-state index in [0.29, 0.717) is 34.1 Å². The highest BCUT2D eigenvalue weighted by Crippen LogP contribution is 2.66. The van der Waals surface area contributed by atoms with Crippen LogP contribution in [0.15, 0.2) is 18.2 Å². The molecule has 35 heavy (non-hydrogen) atoms. The summed E-state index contributed by atoms with van der Waals surface area (Å²) in [5, 5.41) is -5.11. The number of esters is 2. The molecule has 0 N–H and O–H groups in total. The van der Waals surface area contributed by atoms with Crippen molar-refractivity contribution in [1.29, 1.82) is 0 Å². The van der Waals surface area contributed by atoms with E-state index in [9.17, 15) is 35.7 Å². The molecule has 1 aromatic rings. The smallest absolute Gasteiger partial charge is 0.364 e. The van der Waals surface area contributed by atoms with Crippen LogP contribution in [0.2, 0.25) is 0 Å². The third-order valence-corrected chi connectivity index (χ3v) is 9.59. The lowest BCUT2D eigenvalue weighted by atomic mass is 9.47. The van der Waals surface area contributed by atoms with Crippen molar-refractivity contribution in [3.63, 3.8) is 0 Å². The molecule has 5 aliphatic rings. The fourth-order valence-electron chi connectivity index (χ4n) is 6.42. The number of hydrogen-bond acceptors (Lipinski definition) is 8. The Hall–Kier alpha value is -1.61. The standard InChI is InChI=1S/C22H22F3IO8S/c23-16(22(24,25)35(29,30)31)4-5-32-19(28)20-8-11-6-12(9-20)21(13(7-11)10-20)33-15-3-1-2-14(26)17(15)18(27)34-21/h1-3,11-13,16H,4-10H2,(H,29,30,31)/p-1. The number of ether oxygens (including phenoxy) is 3. The maximum absolute atomic E-state index is 13.7. The zero-order valence-electron chi connectivity index (χ0n) is 18.2. The van der Waals surface area contributed by atoms with Crippen LogP contribution >= 0.6 is 22.6 Å². The van der Waals surface area contributed by atoms with Crippen molar-refractivity contribution < 1.29 is 49.9 Å². The molecule has 0 aromatic heterocycles. The lowest BCUT2D eigenvalue weighted by molar-refractivity contribution is -0.294. The summed E-state index contributed by atoms with van der Waals surface area (Å²) in [6, 6.07) is 5.26. The number of benzene rings is 1. The third-order valence-electron chi connectivity index (χ3n) is 7.76. The molecule has 4 fully saturated rings. The van der Waals surface area contributed by atoms with Gasteiger partial charge in [0.1, 0.15) is 11.3 Å². The minimum Gasteiger partial charge on any atom is -0.743 e. The molecule has 1 aromatic carbocycles. The van der Waals surface area contributed by atoms with Crippen LogP contribution in [0.1, 0.15) is 48.9 Å². The largest absolute Gasteiger partial charge is 0.743 e. The molecule has 4 aliphatic carbocycles. The van der Waals surface area contributed by atoms with Gasteiger partial charge in [-0.15, -0.1) is 0 Å². The molecule has 4 saturated carbocycles. The minimum absolute atomic E-state index is 0.147. The summed E-state index contributed by atoms with van der Waals surface area (Å²) in [7, 11) is -6.19. The molecule has 0 saturated heterocycles. The normalized spacial score (nSPS) is 34.2. The molecule has 0 amide bonds. The number of rotatable bonds is 6. The molecule has 3 unspecified atom stereocenters. The van der Waals surface area contributed by atoms with Gasteiger partial charge in [0.05, 0.1) is 12.0 Å². The molecular weight excluding hydrogens is 608 g/mol. The van der Waals surface area contributed by atoms with Crippen LogP contribution in [0.25, 0.3) is 0 Å².